The molecule has 2 aromatic rings. The second-order valence-electron chi connectivity index (χ2n) is 6.46. The number of hydrogen-bond acceptors (Lipinski definition) is 7. The highest BCUT2D eigenvalue weighted by atomic mass is 35.5. The number of benzene rings is 1. The van der Waals surface area contributed by atoms with Gasteiger partial charge in [-0.2, -0.15) is 0 Å². The molecule has 1 atom stereocenters. The Labute approximate surface area is 166 Å². The number of methoxy groups -OCH3 is 1. The quantitative estimate of drug-likeness (QED) is 0.752. The van der Waals surface area contributed by atoms with Gasteiger partial charge in [0, 0.05) is 25.3 Å². The van der Waals surface area contributed by atoms with Crippen molar-refractivity contribution in [1.29, 1.82) is 0 Å². The first-order valence-corrected chi connectivity index (χ1v) is 10.5. The van der Waals surface area contributed by atoms with Gasteiger partial charge in [0.25, 0.3) is 0 Å². The Hall–Kier alpha value is -1.90. The van der Waals surface area contributed by atoms with Crippen molar-refractivity contribution in [3.63, 3.8) is 0 Å². The normalized spacial score (nSPS) is 17.0. The third kappa shape index (κ3) is 5.54. The highest BCUT2D eigenvalue weighted by Crippen LogP contribution is 2.28. The summed E-state index contributed by atoms with van der Waals surface area (Å²) in [7, 11) is -1.74. The van der Waals surface area contributed by atoms with Gasteiger partial charge in [0.1, 0.15) is 10.6 Å². The molecule has 1 aliphatic heterocycles. The summed E-state index contributed by atoms with van der Waals surface area (Å²) in [5, 5.41) is 6.49. The van der Waals surface area contributed by atoms with Crippen molar-refractivity contribution in [2.45, 2.75) is 30.2 Å². The summed E-state index contributed by atoms with van der Waals surface area (Å²) >= 11 is 0. The molecule has 1 aromatic heterocycles. The van der Waals surface area contributed by atoms with Crippen molar-refractivity contribution in [2.75, 3.05) is 31.8 Å². The second-order valence-corrected chi connectivity index (χ2v) is 8.45. The monoisotopic (exact) mass is 412 g/mol. The minimum absolute atomic E-state index is 0. The van der Waals surface area contributed by atoms with Crippen LogP contribution in [0.5, 0.6) is 5.75 Å². The van der Waals surface area contributed by atoms with E-state index >= 15 is 0 Å². The molecule has 9 heteroatoms. The van der Waals surface area contributed by atoms with Gasteiger partial charge in [0.15, 0.2) is 9.84 Å². The number of anilines is 1. The molecule has 2 N–H and O–H groups in total. The average molecular weight is 413 g/mol. The van der Waals surface area contributed by atoms with Crippen LogP contribution in [-0.4, -0.2) is 44.8 Å². The lowest BCUT2D eigenvalue weighted by Crippen LogP contribution is -2.30. The molecule has 1 saturated heterocycles. The first-order chi connectivity index (χ1) is 12.5. The maximum absolute atomic E-state index is 12.1. The van der Waals surface area contributed by atoms with Gasteiger partial charge in [-0.3, -0.25) is 0 Å². The molecule has 7 nitrogen and oxygen atoms in total. The summed E-state index contributed by atoms with van der Waals surface area (Å²) in [4.78, 5) is 8.97. The van der Waals surface area contributed by atoms with Crippen LogP contribution in [0.2, 0.25) is 0 Å². The largest absolute Gasteiger partial charge is 0.497 e. The predicted octanol–water partition coefficient (Wildman–Crippen LogP) is 2.39. The molecule has 1 unspecified atom stereocenters. The summed E-state index contributed by atoms with van der Waals surface area (Å²) in [6.45, 7) is 2.21. The van der Waals surface area contributed by atoms with Gasteiger partial charge in [-0.25, -0.2) is 18.4 Å². The first-order valence-electron chi connectivity index (χ1n) is 8.62. The molecule has 1 aromatic carbocycles. The predicted molar refractivity (Wildman–Crippen MR) is 108 cm³/mol. The summed E-state index contributed by atoms with van der Waals surface area (Å²) in [5.74, 6) is 1.29. The molecular formula is C18H25ClN4O3S. The molecule has 148 valence electrons. The van der Waals surface area contributed by atoms with Crippen LogP contribution in [0, 0.1) is 0 Å². The third-order valence-electron chi connectivity index (χ3n) is 4.45. The minimum atomic E-state index is -3.37. The van der Waals surface area contributed by atoms with E-state index in [0.717, 1.165) is 37.2 Å². The Bertz CT molecular complexity index is 871. The van der Waals surface area contributed by atoms with Gasteiger partial charge < -0.3 is 15.4 Å². The molecule has 2 heterocycles. The Balaban J connectivity index is 0.00000261. The molecule has 1 aliphatic rings. The van der Waals surface area contributed by atoms with E-state index in [0.29, 0.717) is 18.2 Å². The number of halogens is 1. The van der Waals surface area contributed by atoms with Crippen molar-refractivity contribution in [3.05, 3.63) is 41.7 Å². The smallest absolute Gasteiger partial charge is 0.223 e. The second kappa shape index (κ2) is 9.34. The molecule has 27 heavy (non-hydrogen) atoms. The molecule has 1 fully saturated rings. The maximum Gasteiger partial charge on any atom is 0.223 e. The average Bonchev–Trinajstić information content (AvgIpc) is 2.66. The molecule has 0 saturated carbocycles. The molecule has 0 radical (unpaired) electrons. The molecule has 0 aliphatic carbocycles. The Kier molecular flexibility index (Phi) is 7.41. The summed E-state index contributed by atoms with van der Waals surface area (Å²) in [6, 6.07) is 7.72. The number of aromatic nitrogens is 2. The van der Waals surface area contributed by atoms with Crippen molar-refractivity contribution < 1.29 is 13.2 Å². The highest BCUT2D eigenvalue weighted by molar-refractivity contribution is 7.90. The molecule has 3 rings (SSSR count). The number of sulfone groups is 1. The Morgan fingerprint density at radius 3 is 2.85 bits per heavy atom. The molecule has 0 spiro atoms. The standard InChI is InChI=1S/C18H24N4O3S.ClH/c1-25-15-7-3-5-13(9-15)10-20-18-21-12-16(26(2,23)24)17(22-18)14-6-4-8-19-11-14;/h3,5,7,9,12,14,19H,4,6,8,10-11H2,1-2H3,(H,20,21,22);1H. The minimum Gasteiger partial charge on any atom is -0.497 e. The van der Waals surface area contributed by atoms with Crippen molar-refractivity contribution in [3.8, 4) is 5.75 Å². The van der Waals surface area contributed by atoms with Crippen molar-refractivity contribution >= 4 is 28.2 Å². The van der Waals surface area contributed by atoms with Crippen LogP contribution in [0.4, 0.5) is 5.95 Å². The van der Waals surface area contributed by atoms with Gasteiger partial charge >= 0.3 is 0 Å². The lowest BCUT2D eigenvalue weighted by molar-refractivity contribution is 0.414. The fraction of sp³-hybridized carbons (Fsp3) is 0.444. The van der Waals surface area contributed by atoms with Crippen LogP contribution in [-0.2, 0) is 16.4 Å². The maximum atomic E-state index is 12.1. The zero-order chi connectivity index (χ0) is 18.6. The summed E-state index contributed by atoms with van der Waals surface area (Å²) in [5.41, 5.74) is 1.63. The van der Waals surface area contributed by atoms with E-state index in [1.165, 1.54) is 12.5 Å². The van der Waals surface area contributed by atoms with Gasteiger partial charge in [0.05, 0.1) is 19.0 Å². The lowest BCUT2D eigenvalue weighted by atomic mass is 9.96. The Morgan fingerprint density at radius 2 is 2.19 bits per heavy atom. The van der Waals surface area contributed by atoms with Crippen LogP contribution in [0.15, 0.2) is 35.4 Å². The fourth-order valence-electron chi connectivity index (χ4n) is 3.10. The topological polar surface area (TPSA) is 93.2 Å². The fourth-order valence-corrected chi connectivity index (χ4v) is 3.93. The lowest BCUT2D eigenvalue weighted by Gasteiger charge is -2.24. The van der Waals surface area contributed by atoms with Crippen LogP contribution in [0.3, 0.4) is 0 Å². The van der Waals surface area contributed by atoms with Crippen molar-refractivity contribution in [2.24, 2.45) is 0 Å². The zero-order valence-corrected chi connectivity index (χ0v) is 17.1. The van der Waals surface area contributed by atoms with E-state index in [1.807, 2.05) is 24.3 Å². The number of nitrogens with one attached hydrogen (secondary N) is 2. The third-order valence-corrected chi connectivity index (χ3v) is 5.56. The number of nitrogens with zero attached hydrogens (tertiary/aromatic N) is 2. The van der Waals surface area contributed by atoms with E-state index in [9.17, 15) is 8.42 Å². The summed E-state index contributed by atoms with van der Waals surface area (Å²) < 4.78 is 29.5. The molecular weight excluding hydrogens is 388 g/mol. The van der Waals surface area contributed by atoms with Crippen molar-refractivity contribution in [1.82, 2.24) is 15.3 Å². The van der Waals surface area contributed by atoms with Gasteiger partial charge in [0.2, 0.25) is 5.95 Å². The number of ether oxygens (including phenoxy) is 1. The van der Waals surface area contributed by atoms with E-state index in [4.69, 9.17) is 4.74 Å². The number of rotatable bonds is 6. The summed E-state index contributed by atoms with van der Waals surface area (Å²) in [6.07, 6.45) is 4.54. The van der Waals surface area contributed by atoms with E-state index in [2.05, 4.69) is 20.6 Å². The van der Waals surface area contributed by atoms with Crippen LogP contribution < -0.4 is 15.4 Å². The van der Waals surface area contributed by atoms with Crippen LogP contribution in [0.25, 0.3) is 0 Å². The van der Waals surface area contributed by atoms with Gasteiger partial charge in [-0.15, -0.1) is 12.4 Å². The Morgan fingerprint density at radius 1 is 1.37 bits per heavy atom. The highest BCUT2D eigenvalue weighted by Gasteiger charge is 2.25. The number of piperidine rings is 1. The van der Waals surface area contributed by atoms with E-state index < -0.39 is 9.84 Å². The van der Waals surface area contributed by atoms with Crippen LogP contribution in [0.1, 0.15) is 30.0 Å². The van der Waals surface area contributed by atoms with Gasteiger partial charge in [-0.1, -0.05) is 12.1 Å². The first kappa shape index (κ1) is 21.4. The zero-order valence-electron chi connectivity index (χ0n) is 15.4. The van der Waals surface area contributed by atoms with E-state index in [-0.39, 0.29) is 23.2 Å². The SMILES string of the molecule is COc1cccc(CNc2ncc(S(C)(=O)=O)c(C3CCCNC3)n2)c1.Cl. The van der Waals surface area contributed by atoms with Gasteiger partial charge in [-0.05, 0) is 37.1 Å². The molecule has 0 bridgehead atoms. The number of hydrogen-bond donors (Lipinski definition) is 2. The molecule has 0 amide bonds. The van der Waals surface area contributed by atoms with E-state index in [1.54, 1.807) is 7.11 Å². The van der Waals surface area contributed by atoms with Crippen LogP contribution >= 0.6 is 12.4 Å².